The van der Waals surface area contributed by atoms with Gasteiger partial charge in [0, 0.05) is 6.07 Å². The molecule has 80 valence electrons. The van der Waals surface area contributed by atoms with Crippen molar-refractivity contribution in [3.8, 4) is 0 Å². The van der Waals surface area contributed by atoms with Gasteiger partial charge >= 0.3 is 5.97 Å². The van der Waals surface area contributed by atoms with E-state index in [2.05, 4.69) is 20.7 Å². The maximum atomic E-state index is 13.4. The van der Waals surface area contributed by atoms with E-state index < -0.39 is 28.0 Å². The van der Waals surface area contributed by atoms with Crippen molar-refractivity contribution < 1.29 is 18.8 Å². The van der Waals surface area contributed by atoms with Gasteiger partial charge in [-0.3, -0.25) is 10.1 Å². The summed E-state index contributed by atoms with van der Waals surface area (Å²) in [5.74, 6) is -2.09. The van der Waals surface area contributed by atoms with E-state index in [4.69, 9.17) is 0 Å². The molecule has 5 nitrogen and oxygen atoms in total. The van der Waals surface area contributed by atoms with Gasteiger partial charge in [-0.25, -0.2) is 9.18 Å². The molecule has 7 heteroatoms. The van der Waals surface area contributed by atoms with Crippen LogP contribution in [0.1, 0.15) is 10.4 Å². The van der Waals surface area contributed by atoms with Crippen molar-refractivity contribution in [2.24, 2.45) is 0 Å². The van der Waals surface area contributed by atoms with Gasteiger partial charge in [0.1, 0.15) is 0 Å². The third-order valence-electron chi connectivity index (χ3n) is 1.66. The summed E-state index contributed by atoms with van der Waals surface area (Å²) in [7, 11) is 1.02. The zero-order chi connectivity index (χ0) is 11.6. The normalized spacial score (nSPS) is 9.80. The summed E-state index contributed by atoms with van der Waals surface area (Å²) >= 11 is 2.82. The van der Waals surface area contributed by atoms with Crippen molar-refractivity contribution in [2.75, 3.05) is 7.11 Å². The minimum absolute atomic E-state index is 0.0338. The minimum atomic E-state index is -1.08. The Morgan fingerprint density at radius 2 is 2.20 bits per heavy atom. The Bertz CT molecular complexity index is 435. The van der Waals surface area contributed by atoms with E-state index in [1.165, 1.54) is 0 Å². The van der Waals surface area contributed by atoms with Crippen LogP contribution in [0.4, 0.5) is 10.1 Å². The fraction of sp³-hybridized carbons (Fsp3) is 0.125. The Morgan fingerprint density at radius 1 is 1.60 bits per heavy atom. The number of hydrogen-bond acceptors (Lipinski definition) is 4. The molecule has 0 atom stereocenters. The number of ether oxygens (including phenoxy) is 1. The van der Waals surface area contributed by atoms with E-state index in [1.54, 1.807) is 0 Å². The third-order valence-corrected chi connectivity index (χ3v) is 2.27. The number of nitrogens with zero attached hydrogens (tertiary/aromatic N) is 1. The second-order valence-corrected chi connectivity index (χ2v) is 3.36. The predicted molar refractivity (Wildman–Crippen MR) is 52.1 cm³/mol. The number of hydrogen-bond donors (Lipinski definition) is 0. The monoisotopic (exact) mass is 277 g/mol. The highest BCUT2D eigenvalue weighted by molar-refractivity contribution is 9.10. The van der Waals surface area contributed by atoms with Gasteiger partial charge in [-0.1, -0.05) is 0 Å². The Balaban J connectivity index is 3.48. The lowest BCUT2D eigenvalue weighted by atomic mass is 10.1. The molecule has 0 unspecified atom stereocenters. The quantitative estimate of drug-likeness (QED) is 0.472. The second-order valence-electron chi connectivity index (χ2n) is 2.50. The number of benzene rings is 1. The van der Waals surface area contributed by atoms with Crippen LogP contribution in [0, 0.1) is 15.9 Å². The van der Waals surface area contributed by atoms with Crippen molar-refractivity contribution in [1.29, 1.82) is 0 Å². The van der Waals surface area contributed by atoms with Gasteiger partial charge in [-0.05, 0) is 22.0 Å². The van der Waals surface area contributed by atoms with Gasteiger partial charge in [-0.15, -0.1) is 0 Å². The molecule has 0 saturated carbocycles. The molecule has 0 amide bonds. The van der Waals surface area contributed by atoms with Crippen molar-refractivity contribution in [2.45, 2.75) is 0 Å². The molecule has 0 aliphatic heterocycles. The smallest absolute Gasteiger partial charge is 0.347 e. The lowest BCUT2D eigenvalue weighted by Crippen LogP contribution is -2.09. The van der Waals surface area contributed by atoms with Gasteiger partial charge < -0.3 is 4.74 Å². The molecule has 0 spiro atoms. The molecule has 0 heterocycles. The highest BCUT2D eigenvalue weighted by Crippen LogP contribution is 2.27. The maximum Gasteiger partial charge on any atom is 0.347 e. The van der Waals surface area contributed by atoms with Crippen LogP contribution in [0.3, 0.4) is 0 Å². The standard InChI is InChI=1S/C8H5BrFNO4/c1-15-8(12)6-5(11(13)14)3-2-4(9)7(6)10/h2-3H,1H3. The second kappa shape index (κ2) is 4.35. The highest BCUT2D eigenvalue weighted by Gasteiger charge is 2.27. The number of nitro groups is 1. The first-order valence-corrected chi connectivity index (χ1v) is 4.49. The first-order valence-electron chi connectivity index (χ1n) is 3.69. The van der Waals surface area contributed by atoms with Crippen molar-refractivity contribution in [1.82, 2.24) is 0 Å². The third kappa shape index (κ3) is 2.12. The molecule has 1 rings (SSSR count). The molecule has 0 N–H and O–H groups in total. The van der Waals surface area contributed by atoms with Crippen LogP contribution in [-0.2, 0) is 4.74 Å². The number of halogens is 2. The van der Waals surface area contributed by atoms with Gasteiger partial charge in [0.15, 0.2) is 11.4 Å². The molecule has 0 saturated heterocycles. The summed E-state index contributed by atoms with van der Waals surface area (Å²) in [5.41, 5.74) is -1.31. The molecule has 0 aliphatic carbocycles. The number of carbonyl (C=O) groups is 1. The Kier molecular flexibility index (Phi) is 3.35. The molecule has 0 fully saturated rings. The zero-order valence-electron chi connectivity index (χ0n) is 7.49. The summed E-state index contributed by atoms with van der Waals surface area (Å²) in [4.78, 5) is 20.8. The summed E-state index contributed by atoms with van der Waals surface area (Å²) in [6.45, 7) is 0. The van der Waals surface area contributed by atoms with Gasteiger partial charge in [0.05, 0.1) is 16.5 Å². The van der Waals surface area contributed by atoms with Crippen molar-refractivity contribution in [3.05, 3.63) is 38.1 Å². The largest absolute Gasteiger partial charge is 0.465 e. The molecule has 0 aliphatic rings. The summed E-state index contributed by atoms with van der Waals surface area (Å²) in [5, 5.41) is 10.5. The van der Waals surface area contributed by atoms with Crippen LogP contribution >= 0.6 is 15.9 Å². The number of rotatable bonds is 2. The topological polar surface area (TPSA) is 69.4 Å². The minimum Gasteiger partial charge on any atom is -0.465 e. The SMILES string of the molecule is COC(=O)c1c([N+](=O)[O-])ccc(Br)c1F. The fourth-order valence-corrected chi connectivity index (χ4v) is 1.32. The predicted octanol–water partition coefficient (Wildman–Crippen LogP) is 2.28. The lowest BCUT2D eigenvalue weighted by Gasteiger charge is -2.03. The van der Waals surface area contributed by atoms with Crippen LogP contribution in [0.5, 0.6) is 0 Å². The van der Waals surface area contributed by atoms with Crippen molar-refractivity contribution >= 4 is 27.6 Å². The lowest BCUT2D eigenvalue weighted by molar-refractivity contribution is -0.385. The average Bonchev–Trinajstić information content (AvgIpc) is 2.20. The van der Waals surface area contributed by atoms with E-state index in [-0.39, 0.29) is 4.47 Å². The Labute approximate surface area is 92.1 Å². The first kappa shape index (κ1) is 11.6. The number of esters is 1. The van der Waals surface area contributed by atoms with Gasteiger partial charge in [0.2, 0.25) is 0 Å². The van der Waals surface area contributed by atoms with E-state index in [0.29, 0.717) is 0 Å². The van der Waals surface area contributed by atoms with Crippen molar-refractivity contribution in [3.63, 3.8) is 0 Å². The van der Waals surface area contributed by atoms with E-state index in [0.717, 1.165) is 19.2 Å². The molecule has 0 radical (unpaired) electrons. The Morgan fingerprint density at radius 3 is 2.67 bits per heavy atom. The number of methoxy groups -OCH3 is 1. The first-order chi connectivity index (χ1) is 6.99. The summed E-state index contributed by atoms with van der Waals surface area (Å²) in [6, 6.07) is 2.18. The molecule has 0 bridgehead atoms. The van der Waals surface area contributed by atoms with Crippen LogP contribution in [-0.4, -0.2) is 18.0 Å². The fourth-order valence-electron chi connectivity index (χ4n) is 0.989. The van der Waals surface area contributed by atoms with Crippen LogP contribution < -0.4 is 0 Å². The summed E-state index contributed by atoms with van der Waals surface area (Å²) in [6.07, 6.45) is 0. The van der Waals surface area contributed by atoms with Crippen LogP contribution in [0.25, 0.3) is 0 Å². The highest BCUT2D eigenvalue weighted by atomic mass is 79.9. The zero-order valence-corrected chi connectivity index (χ0v) is 9.08. The number of nitro benzene ring substituents is 1. The number of carbonyl (C=O) groups excluding carboxylic acids is 1. The van der Waals surface area contributed by atoms with E-state index in [9.17, 15) is 19.3 Å². The van der Waals surface area contributed by atoms with Crippen LogP contribution in [0.15, 0.2) is 16.6 Å². The average molecular weight is 278 g/mol. The summed E-state index contributed by atoms with van der Waals surface area (Å²) < 4.78 is 17.6. The molecule has 1 aromatic rings. The molecule has 15 heavy (non-hydrogen) atoms. The van der Waals surface area contributed by atoms with Gasteiger partial charge in [-0.2, -0.15) is 0 Å². The Hall–Kier alpha value is -1.50. The maximum absolute atomic E-state index is 13.4. The van der Waals surface area contributed by atoms with E-state index in [1.807, 2.05) is 0 Å². The molecular formula is C8H5BrFNO4. The molecular weight excluding hydrogens is 273 g/mol. The van der Waals surface area contributed by atoms with Gasteiger partial charge in [0.25, 0.3) is 5.69 Å². The van der Waals surface area contributed by atoms with E-state index >= 15 is 0 Å². The van der Waals surface area contributed by atoms with Crippen LogP contribution in [0.2, 0.25) is 0 Å². The molecule has 0 aromatic heterocycles. The molecule has 1 aromatic carbocycles.